The maximum atomic E-state index is 12.1. The highest BCUT2D eigenvalue weighted by molar-refractivity contribution is 7.71. The summed E-state index contributed by atoms with van der Waals surface area (Å²) in [5, 5.41) is 0. The fourth-order valence-corrected chi connectivity index (χ4v) is 1.88. The van der Waals surface area contributed by atoms with Crippen molar-refractivity contribution in [3.8, 4) is 0 Å². The van der Waals surface area contributed by atoms with Gasteiger partial charge in [0.2, 0.25) is 0 Å². The largest absolute Gasteiger partial charge is 0.330 e. The van der Waals surface area contributed by atoms with Gasteiger partial charge in [0.25, 0.3) is 5.56 Å². The number of hydrogen-bond acceptors (Lipinski definition) is 3. The van der Waals surface area contributed by atoms with E-state index in [4.69, 9.17) is 12.2 Å². The minimum atomic E-state index is -0.104. The highest BCUT2D eigenvalue weighted by atomic mass is 32.1. The number of H-pyrrole nitrogens is 1. The van der Waals surface area contributed by atoms with Crippen LogP contribution in [-0.2, 0) is 6.54 Å². The Morgan fingerprint density at radius 2 is 2.38 bits per heavy atom. The molecule has 0 saturated carbocycles. The molecule has 0 spiro atoms. The van der Waals surface area contributed by atoms with E-state index in [1.165, 1.54) is 0 Å². The zero-order valence-corrected chi connectivity index (χ0v) is 9.88. The van der Waals surface area contributed by atoms with Crippen LogP contribution >= 0.6 is 12.2 Å². The molecule has 0 saturated heterocycles. The topological polar surface area (TPSA) is 50.7 Å². The van der Waals surface area contributed by atoms with Gasteiger partial charge in [-0.1, -0.05) is 13.3 Å². The summed E-state index contributed by atoms with van der Waals surface area (Å²) in [6.45, 7) is 2.73. The van der Waals surface area contributed by atoms with Crippen LogP contribution in [0.3, 0.4) is 0 Å². The van der Waals surface area contributed by atoms with E-state index in [1.54, 1.807) is 16.8 Å². The van der Waals surface area contributed by atoms with E-state index in [-0.39, 0.29) is 5.56 Å². The summed E-state index contributed by atoms with van der Waals surface area (Å²) in [6, 6.07) is 3.59. The van der Waals surface area contributed by atoms with Crippen LogP contribution in [0.4, 0.5) is 0 Å². The van der Waals surface area contributed by atoms with Gasteiger partial charge < -0.3 is 4.98 Å². The van der Waals surface area contributed by atoms with Crippen LogP contribution in [0.25, 0.3) is 11.0 Å². The van der Waals surface area contributed by atoms with Crippen molar-refractivity contribution in [2.24, 2.45) is 0 Å². The molecule has 1 N–H and O–H groups in total. The first-order chi connectivity index (χ1) is 7.74. The van der Waals surface area contributed by atoms with Crippen molar-refractivity contribution in [2.45, 2.75) is 26.3 Å². The van der Waals surface area contributed by atoms with Crippen LogP contribution in [0.2, 0.25) is 0 Å². The summed E-state index contributed by atoms with van der Waals surface area (Å²) in [6.07, 6.45) is 3.59. The lowest BCUT2D eigenvalue weighted by molar-refractivity contribution is 0.600. The molecule has 0 aliphatic rings. The summed E-state index contributed by atoms with van der Waals surface area (Å²) in [7, 11) is 0. The highest BCUT2D eigenvalue weighted by Gasteiger charge is 2.05. The summed E-state index contributed by atoms with van der Waals surface area (Å²) < 4.78 is 2.05. The molecule has 0 atom stereocenters. The predicted octanol–water partition coefficient (Wildman–Crippen LogP) is 2.25. The molecule has 2 aromatic rings. The Morgan fingerprint density at radius 3 is 3.12 bits per heavy atom. The second-order valence-electron chi connectivity index (χ2n) is 3.64. The second-order valence-corrected chi connectivity index (χ2v) is 4.03. The van der Waals surface area contributed by atoms with Crippen molar-refractivity contribution in [1.82, 2.24) is 14.5 Å². The van der Waals surface area contributed by atoms with Crippen LogP contribution in [0.5, 0.6) is 0 Å². The van der Waals surface area contributed by atoms with E-state index in [0.717, 1.165) is 12.8 Å². The molecule has 84 valence electrons. The molecule has 0 aromatic carbocycles. The molecule has 16 heavy (non-hydrogen) atoms. The number of pyridine rings is 1. The van der Waals surface area contributed by atoms with E-state index in [0.29, 0.717) is 22.3 Å². The Balaban J connectivity index is 2.66. The highest BCUT2D eigenvalue weighted by Crippen LogP contribution is 2.03. The Morgan fingerprint density at radius 1 is 1.56 bits per heavy atom. The SMILES string of the molecule is CCCCn1c(=S)[nH]c2cccnc2c1=O. The average Bonchev–Trinajstić information content (AvgIpc) is 2.29. The van der Waals surface area contributed by atoms with Gasteiger partial charge in [0, 0.05) is 12.7 Å². The van der Waals surface area contributed by atoms with Crippen molar-refractivity contribution in [3.63, 3.8) is 0 Å². The summed E-state index contributed by atoms with van der Waals surface area (Å²) >= 11 is 5.16. The molecule has 0 aliphatic carbocycles. The molecule has 4 nitrogen and oxygen atoms in total. The van der Waals surface area contributed by atoms with Gasteiger partial charge in [-0.15, -0.1) is 0 Å². The van der Waals surface area contributed by atoms with Crippen molar-refractivity contribution in [3.05, 3.63) is 33.5 Å². The lowest BCUT2D eigenvalue weighted by atomic mass is 10.3. The molecule has 2 heterocycles. The van der Waals surface area contributed by atoms with E-state index in [1.807, 2.05) is 6.07 Å². The van der Waals surface area contributed by atoms with E-state index < -0.39 is 0 Å². The maximum Gasteiger partial charge on any atom is 0.280 e. The molecule has 0 bridgehead atoms. The second kappa shape index (κ2) is 4.57. The number of aromatic nitrogens is 3. The quantitative estimate of drug-likeness (QED) is 0.830. The molecule has 5 heteroatoms. The molecule has 2 aromatic heterocycles. The maximum absolute atomic E-state index is 12.1. The fourth-order valence-electron chi connectivity index (χ4n) is 1.60. The molecule has 0 aliphatic heterocycles. The minimum absolute atomic E-state index is 0.104. The molecule has 0 fully saturated rings. The first-order valence-electron chi connectivity index (χ1n) is 5.32. The number of fused-ring (bicyclic) bond motifs is 1. The first kappa shape index (κ1) is 11.0. The van der Waals surface area contributed by atoms with Gasteiger partial charge in [-0.2, -0.15) is 0 Å². The third-order valence-electron chi connectivity index (χ3n) is 2.48. The van der Waals surface area contributed by atoms with E-state index in [2.05, 4.69) is 16.9 Å². The third kappa shape index (κ3) is 1.90. The lowest BCUT2D eigenvalue weighted by Gasteiger charge is -2.06. The zero-order chi connectivity index (χ0) is 11.5. The smallest absolute Gasteiger partial charge is 0.280 e. The molecule has 0 unspecified atom stereocenters. The van der Waals surface area contributed by atoms with Crippen LogP contribution < -0.4 is 5.56 Å². The first-order valence-corrected chi connectivity index (χ1v) is 5.72. The summed E-state index contributed by atoms with van der Waals surface area (Å²) in [5.74, 6) is 0. The summed E-state index contributed by atoms with van der Waals surface area (Å²) in [4.78, 5) is 19.2. The summed E-state index contributed by atoms with van der Waals surface area (Å²) in [5.41, 5.74) is 1.05. The van der Waals surface area contributed by atoms with Gasteiger partial charge in [0.05, 0.1) is 5.52 Å². The van der Waals surface area contributed by atoms with Gasteiger partial charge in [0.15, 0.2) is 10.3 Å². The van der Waals surface area contributed by atoms with Crippen molar-refractivity contribution >= 4 is 23.3 Å². The molecule has 2 rings (SSSR count). The molecule has 0 radical (unpaired) electrons. The van der Waals surface area contributed by atoms with Crippen LogP contribution in [0.15, 0.2) is 23.1 Å². The number of aromatic amines is 1. The average molecular weight is 235 g/mol. The third-order valence-corrected chi connectivity index (χ3v) is 2.80. The Labute approximate surface area is 98.0 Å². The number of nitrogens with one attached hydrogen (secondary N) is 1. The van der Waals surface area contributed by atoms with Gasteiger partial charge in [-0.25, -0.2) is 4.98 Å². The van der Waals surface area contributed by atoms with Crippen molar-refractivity contribution < 1.29 is 0 Å². The van der Waals surface area contributed by atoms with Gasteiger partial charge in [0.1, 0.15) is 0 Å². The molecule has 0 amide bonds. The molecular weight excluding hydrogens is 222 g/mol. The van der Waals surface area contributed by atoms with Crippen LogP contribution in [0, 0.1) is 4.77 Å². The van der Waals surface area contributed by atoms with Crippen LogP contribution in [-0.4, -0.2) is 14.5 Å². The van der Waals surface area contributed by atoms with Crippen molar-refractivity contribution in [2.75, 3.05) is 0 Å². The Kier molecular flexibility index (Phi) is 3.14. The monoisotopic (exact) mass is 235 g/mol. The van der Waals surface area contributed by atoms with Gasteiger partial charge in [-0.3, -0.25) is 9.36 Å². The Bertz CT molecular complexity index is 614. The fraction of sp³-hybridized carbons (Fsp3) is 0.364. The normalized spacial score (nSPS) is 10.8. The van der Waals surface area contributed by atoms with Crippen LogP contribution in [0.1, 0.15) is 19.8 Å². The van der Waals surface area contributed by atoms with E-state index >= 15 is 0 Å². The standard InChI is InChI=1S/C11H13N3OS/c1-2-3-7-14-10(15)9-8(13-11(14)16)5-4-6-12-9/h4-6H,2-3,7H2,1H3,(H,13,16). The Hall–Kier alpha value is -1.49. The zero-order valence-electron chi connectivity index (χ0n) is 9.06. The number of rotatable bonds is 3. The number of unbranched alkanes of at least 4 members (excludes halogenated alkanes) is 1. The van der Waals surface area contributed by atoms with Crippen molar-refractivity contribution in [1.29, 1.82) is 0 Å². The molecular formula is C11H13N3OS. The lowest BCUT2D eigenvalue weighted by Crippen LogP contribution is -2.22. The number of hydrogen-bond donors (Lipinski definition) is 1. The van der Waals surface area contributed by atoms with E-state index in [9.17, 15) is 4.79 Å². The number of nitrogens with zero attached hydrogens (tertiary/aromatic N) is 2. The minimum Gasteiger partial charge on any atom is -0.330 e. The predicted molar refractivity (Wildman–Crippen MR) is 66.1 cm³/mol. The van der Waals surface area contributed by atoms with Gasteiger partial charge in [-0.05, 0) is 30.8 Å². The van der Waals surface area contributed by atoms with Gasteiger partial charge >= 0.3 is 0 Å².